The zero-order valence-corrected chi connectivity index (χ0v) is 10.7. The SMILES string of the molecule is CCc1ncc(C(=O)N2CC(C(=O)NC)C2)s1. The fourth-order valence-electron chi connectivity index (χ4n) is 1.74. The maximum atomic E-state index is 12.0. The molecule has 0 aliphatic carbocycles. The molecule has 1 saturated heterocycles. The maximum absolute atomic E-state index is 12.0. The number of amides is 2. The predicted molar refractivity (Wildman–Crippen MR) is 65.0 cm³/mol. The molecule has 0 radical (unpaired) electrons. The minimum Gasteiger partial charge on any atom is -0.359 e. The van der Waals surface area contributed by atoms with Gasteiger partial charge in [-0.1, -0.05) is 6.92 Å². The number of aromatic nitrogens is 1. The topological polar surface area (TPSA) is 62.3 Å². The fraction of sp³-hybridized carbons (Fsp3) is 0.545. The van der Waals surface area contributed by atoms with Crippen LogP contribution < -0.4 is 5.32 Å². The van der Waals surface area contributed by atoms with Crippen molar-refractivity contribution in [2.45, 2.75) is 13.3 Å². The lowest BCUT2D eigenvalue weighted by molar-refractivity contribution is -0.128. The third-order valence-electron chi connectivity index (χ3n) is 2.85. The van der Waals surface area contributed by atoms with Gasteiger partial charge in [-0.3, -0.25) is 9.59 Å². The molecule has 92 valence electrons. The van der Waals surface area contributed by atoms with E-state index >= 15 is 0 Å². The molecular weight excluding hydrogens is 238 g/mol. The summed E-state index contributed by atoms with van der Waals surface area (Å²) in [5.41, 5.74) is 0. The standard InChI is InChI=1S/C11H15N3O2S/c1-3-9-13-4-8(17-9)11(16)14-5-7(6-14)10(15)12-2/h4,7H,3,5-6H2,1-2H3,(H,12,15). The van der Waals surface area contributed by atoms with Gasteiger partial charge < -0.3 is 10.2 Å². The number of rotatable bonds is 3. The molecule has 6 heteroatoms. The van der Waals surface area contributed by atoms with Crippen molar-refractivity contribution in [1.82, 2.24) is 15.2 Å². The molecule has 0 saturated carbocycles. The van der Waals surface area contributed by atoms with E-state index in [0.29, 0.717) is 18.0 Å². The zero-order valence-electron chi connectivity index (χ0n) is 9.90. The van der Waals surface area contributed by atoms with Gasteiger partial charge in [0.15, 0.2) is 0 Å². The van der Waals surface area contributed by atoms with Crippen LogP contribution in [0, 0.1) is 5.92 Å². The van der Waals surface area contributed by atoms with Crippen molar-refractivity contribution in [2.24, 2.45) is 5.92 Å². The second-order valence-corrected chi connectivity index (χ2v) is 5.11. The van der Waals surface area contributed by atoms with Crippen molar-refractivity contribution in [3.05, 3.63) is 16.1 Å². The van der Waals surface area contributed by atoms with Gasteiger partial charge in [-0.05, 0) is 6.42 Å². The summed E-state index contributed by atoms with van der Waals surface area (Å²) < 4.78 is 0. The van der Waals surface area contributed by atoms with Gasteiger partial charge in [-0.15, -0.1) is 11.3 Å². The summed E-state index contributed by atoms with van der Waals surface area (Å²) in [5.74, 6) is -0.0579. The van der Waals surface area contributed by atoms with Crippen LogP contribution in [0.5, 0.6) is 0 Å². The lowest BCUT2D eigenvalue weighted by atomic mass is 9.99. The Hall–Kier alpha value is -1.43. The number of hydrogen-bond acceptors (Lipinski definition) is 4. The summed E-state index contributed by atoms with van der Waals surface area (Å²) in [6.07, 6.45) is 2.47. The van der Waals surface area contributed by atoms with Crippen LogP contribution >= 0.6 is 11.3 Å². The minimum absolute atomic E-state index is 0.00704. The molecule has 0 aromatic carbocycles. The average Bonchev–Trinajstić information content (AvgIpc) is 2.75. The van der Waals surface area contributed by atoms with Crippen molar-refractivity contribution in [3.63, 3.8) is 0 Å². The molecule has 1 fully saturated rings. The van der Waals surface area contributed by atoms with E-state index in [0.717, 1.165) is 11.4 Å². The molecule has 1 aromatic rings. The summed E-state index contributed by atoms with van der Waals surface area (Å²) >= 11 is 1.43. The Morgan fingerprint density at radius 1 is 1.59 bits per heavy atom. The Bertz CT molecular complexity index is 438. The Morgan fingerprint density at radius 2 is 2.29 bits per heavy atom. The third kappa shape index (κ3) is 2.31. The molecule has 0 bridgehead atoms. The molecule has 1 aromatic heterocycles. The molecule has 2 rings (SSSR count). The highest BCUT2D eigenvalue weighted by molar-refractivity contribution is 7.13. The van der Waals surface area contributed by atoms with Gasteiger partial charge in [0.05, 0.1) is 17.1 Å². The Balaban J connectivity index is 1.93. The third-order valence-corrected chi connectivity index (χ3v) is 3.98. The van der Waals surface area contributed by atoms with E-state index in [9.17, 15) is 9.59 Å². The number of nitrogens with zero attached hydrogens (tertiary/aromatic N) is 2. The van der Waals surface area contributed by atoms with Crippen LogP contribution in [-0.4, -0.2) is 41.8 Å². The lowest BCUT2D eigenvalue weighted by Crippen LogP contribution is -2.55. The van der Waals surface area contributed by atoms with Crippen LogP contribution in [0.2, 0.25) is 0 Å². The highest BCUT2D eigenvalue weighted by atomic mass is 32.1. The van der Waals surface area contributed by atoms with E-state index in [-0.39, 0.29) is 17.7 Å². The monoisotopic (exact) mass is 253 g/mol. The second kappa shape index (κ2) is 4.83. The molecule has 0 unspecified atom stereocenters. The summed E-state index contributed by atoms with van der Waals surface area (Å²) in [6, 6.07) is 0. The van der Waals surface area contributed by atoms with E-state index < -0.39 is 0 Å². The number of aryl methyl sites for hydroxylation is 1. The van der Waals surface area contributed by atoms with Crippen LogP contribution in [0.1, 0.15) is 21.6 Å². The molecule has 0 spiro atoms. The van der Waals surface area contributed by atoms with Crippen LogP contribution in [0.15, 0.2) is 6.20 Å². The maximum Gasteiger partial charge on any atom is 0.265 e. The Labute approximate surface area is 104 Å². The van der Waals surface area contributed by atoms with E-state index in [1.165, 1.54) is 11.3 Å². The Morgan fingerprint density at radius 3 is 2.82 bits per heavy atom. The second-order valence-electron chi connectivity index (χ2n) is 3.99. The molecule has 1 aliphatic heterocycles. The zero-order chi connectivity index (χ0) is 12.4. The van der Waals surface area contributed by atoms with Crippen LogP contribution in [0.3, 0.4) is 0 Å². The smallest absolute Gasteiger partial charge is 0.265 e. The molecule has 1 aliphatic rings. The molecule has 2 heterocycles. The van der Waals surface area contributed by atoms with Gasteiger partial charge in [-0.25, -0.2) is 4.98 Å². The first-order valence-corrected chi connectivity index (χ1v) is 6.43. The molecule has 0 atom stereocenters. The number of carbonyl (C=O) groups excluding carboxylic acids is 2. The average molecular weight is 253 g/mol. The minimum atomic E-state index is -0.0532. The van der Waals surface area contributed by atoms with E-state index in [1.54, 1.807) is 18.1 Å². The van der Waals surface area contributed by atoms with Gasteiger partial charge >= 0.3 is 0 Å². The van der Waals surface area contributed by atoms with Gasteiger partial charge in [0.25, 0.3) is 5.91 Å². The summed E-state index contributed by atoms with van der Waals surface area (Å²) in [7, 11) is 1.61. The van der Waals surface area contributed by atoms with Gasteiger partial charge in [-0.2, -0.15) is 0 Å². The van der Waals surface area contributed by atoms with Crippen molar-refractivity contribution in [1.29, 1.82) is 0 Å². The first-order valence-electron chi connectivity index (χ1n) is 5.61. The Kier molecular flexibility index (Phi) is 3.42. The van der Waals surface area contributed by atoms with E-state index in [4.69, 9.17) is 0 Å². The van der Waals surface area contributed by atoms with E-state index in [2.05, 4.69) is 10.3 Å². The molecule has 5 nitrogen and oxygen atoms in total. The molecule has 2 amide bonds. The molecular formula is C11H15N3O2S. The number of likely N-dealkylation sites (tertiary alicyclic amines) is 1. The summed E-state index contributed by atoms with van der Waals surface area (Å²) in [6.45, 7) is 3.04. The van der Waals surface area contributed by atoms with Gasteiger partial charge in [0.1, 0.15) is 4.88 Å². The highest BCUT2D eigenvalue weighted by Gasteiger charge is 2.36. The fourth-order valence-corrected chi connectivity index (χ4v) is 2.57. The highest BCUT2D eigenvalue weighted by Crippen LogP contribution is 2.22. The van der Waals surface area contributed by atoms with Gasteiger partial charge in [0, 0.05) is 20.1 Å². The van der Waals surface area contributed by atoms with Crippen LogP contribution in [0.25, 0.3) is 0 Å². The largest absolute Gasteiger partial charge is 0.359 e. The summed E-state index contributed by atoms with van der Waals surface area (Å²) in [5, 5.41) is 3.56. The normalized spacial score (nSPS) is 15.5. The van der Waals surface area contributed by atoms with Crippen molar-refractivity contribution < 1.29 is 9.59 Å². The first-order chi connectivity index (χ1) is 8.15. The number of hydrogen-bond donors (Lipinski definition) is 1. The number of thiazole rings is 1. The quantitative estimate of drug-likeness (QED) is 0.854. The molecule has 1 N–H and O–H groups in total. The van der Waals surface area contributed by atoms with Crippen molar-refractivity contribution in [2.75, 3.05) is 20.1 Å². The van der Waals surface area contributed by atoms with Gasteiger partial charge in [0.2, 0.25) is 5.91 Å². The van der Waals surface area contributed by atoms with Crippen molar-refractivity contribution in [3.8, 4) is 0 Å². The predicted octanol–water partition coefficient (Wildman–Crippen LogP) is 0.523. The number of carbonyl (C=O) groups is 2. The van der Waals surface area contributed by atoms with Crippen LogP contribution in [-0.2, 0) is 11.2 Å². The molecule has 17 heavy (non-hydrogen) atoms. The number of nitrogens with one attached hydrogen (secondary N) is 1. The first kappa shape index (κ1) is 12.0. The summed E-state index contributed by atoms with van der Waals surface area (Å²) in [4.78, 5) is 29.8. The van der Waals surface area contributed by atoms with Crippen LogP contribution in [0.4, 0.5) is 0 Å². The van der Waals surface area contributed by atoms with E-state index in [1.807, 2.05) is 6.92 Å². The lowest BCUT2D eigenvalue weighted by Gasteiger charge is -2.37. The van der Waals surface area contributed by atoms with Crippen molar-refractivity contribution >= 4 is 23.2 Å².